The predicted molar refractivity (Wildman–Crippen MR) is 77.2 cm³/mol. The average molecular weight is 285 g/mol. The van der Waals surface area contributed by atoms with Gasteiger partial charge in [-0.05, 0) is 12.1 Å². The second kappa shape index (κ2) is 5.62. The standard InChI is InChI=1S/C13H11N5OS/c1-19-11-5-3-2-4-9(11)10-6-12(15-8-14-10)17-13-7-16-18-20-13/h2-8H,1H3,(H,14,15,17). The Balaban J connectivity index is 1.94. The maximum Gasteiger partial charge on any atom is 0.135 e. The Morgan fingerprint density at radius 2 is 2.10 bits per heavy atom. The van der Waals surface area contributed by atoms with Crippen molar-refractivity contribution in [3.05, 3.63) is 42.9 Å². The van der Waals surface area contributed by atoms with E-state index in [0.717, 1.165) is 22.0 Å². The van der Waals surface area contributed by atoms with Crippen molar-refractivity contribution < 1.29 is 4.74 Å². The fourth-order valence-electron chi connectivity index (χ4n) is 1.78. The summed E-state index contributed by atoms with van der Waals surface area (Å²) in [7, 11) is 1.64. The molecule has 0 saturated heterocycles. The summed E-state index contributed by atoms with van der Waals surface area (Å²) in [5.41, 5.74) is 1.71. The third-order valence-electron chi connectivity index (χ3n) is 2.66. The highest BCUT2D eigenvalue weighted by Crippen LogP contribution is 2.29. The maximum absolute atomic E-state index is 5.35. The third-order valence-corrected chi connectivity index (χ3v) is 3.24. The van der Waals surface area contributed by atoms with Crippen molar-refractivity contribution in [2.24, 2.45) is 0 Å². The molecule has 0 unspecified atom stereocenters. The number of benzene rings is 1. The first-order valence-corrected chi connectivity index (χ1v) is 6.64. The maximum atomic E-state index is 5.35. The van der Waals surface area contributed by atoms with Crippen molar-refractivity contribution in [3.63, 3.8) is 0 Å². The van der Waals surface area contributed by atoms with Crippen molar-refractivity contribution in [3.8, 4) is 17.0 Å². The number of nitrogens with one attached hydrogen (secondary N) is 1. The minimum absolute atomic E-state index is 0.687. The topological polar surface area (TPSA) is 72.8 Å². The van der Waals surface area contributed by atoms with E-state index in [-0.39, 0.29) is 0 Å². The molecule has 2 aromatic heterocycles. The minimum atomic E-state index is 0.687. The number of rotatable bonds is 4. The van der Waals surface area contributed by atoms with E-state index in [4.69, 9.17) is 4.74 Å². The highest BCUT2D eigenvalue weighted by Gasteiger charge is 2.08. The first-order chi connectivity index (χ1) is 9.86. The third kappa shape index (κ3) is 2.57. The van der Waals surface area contributed by atoms with Crippen molar-refractivity contribution in [1.82, 2.24) is 19.6 Å². The van der Waals surface area contributed by atoms with Crippen LogP contribution in [0.3, 0.4) is 0 Å². The summed E-state index contributed by atoms with van der Waals surface area (Å²) in [4.78, 5) is 8.47. The van der Waals surface area contributed by atoms with Gasteiger partial charge in [0.05, 0.1) is 19.0 Å². The second-order valence-electron chi connectivity index (χ2n) is 3.90. The Kier molecular flexibility index (Phi) is 3.51. The molecule has 0 spiro atoms. The van der Waals surface area contributed by atoms with Crippen LogP contribution in [0.5, 0.6) is 5.75 Å². The molecule has 3 aromatic rings. The van der Waals surface area contributed by atoms with E-state index in [1.165, 1.54) is 17.9 Å². The second-order valence-corrected chi connectivity index (χ2v) is 4.68. The van der Waals surface area contributed by atoms with E-state index in [1.54, 1.807) is 13.3 Å². The van der Waals surface area contributed by atoms with Crippen LogP contribution in [0.2, 0.25) is 0 Å². The SMILES string of the molecule is COc1ccccc1-c1cc(Nc2cnns2)ncn1. The lowest BCUT2D eigenvalue weighted by molar-refractivity contribution is 0.416. The number of hydrogen-bond donors (Lipinski definition) is 1. The van der Waals surface area contributed by atoms with Crippen LogP contribution in [0.4, 0.5) is 10.8 Å². The Hall–Kier alpha value is -2.54. The van der Waals surface area contributed by atoms with E-state index in [1.807, 2.05) is 30.3 Å². The van der Waals surface area contributed by atoms with Crippen LogP contribution in [0, 0.1) is 0 Å². The van der Waals surface area contributed by atoms with Crippen molar-refractivity contribution in [1.29, 1.82) is 0 Å². The van der Waals surface area contributed by atoms with Gasteiger partial charge in [0.15, 0.2) is 0 Å². The molecule has 0 saturated carbocycles. The molecule has 0 aliphatic rings. The Labute approximate surface area is 119 Å². The molecule has 6 nitrogen and oxygen atoms in total. The summed E-state index contributed by atoms with van der Waals surface area (Å²) in [6, 6.07) is 9.58. The molecule has 1 aromatic carbocycles. The number of anilines is 2. The molecule has 1 N–H and O–H groups in total. The van der Waals surface area contributed by atoms with Gasteiger partial charge in [-0.1, -0.05) is 16.6 Å². The molecular weight excluding hydrogens is 274 g/mol. The summed E-state index contributed by atoms with van der Waals surface area (Å²) >= 11 is 1.27. The Morgan fingerprint density at radius 1 is 1.20 bits per heavy atom. The van der Waals surface area contributed by atoms with Crippen molar-refractivity contribution >= 4 is 22.4 Å². The number of nitrogens with zero attached hydrogens (tertiary/aromatic N) is 4. The molecule has 0 bridgehead atoms. The van der Waals surface area contributed by atoms with Gasteiger partial charge in [-0.25, -0.2) is 9.97 Å². The van der Waals surface area contributed by atoms with Gasteiger partial charge < -0.3 is 10.1 Å². The highest BCUT2D eigenvalue weighted by molar-refractivity contribution is 7.09. The quantitative estimate of drug-likeness (QED) is 0.794. The van der Waals surface area contributed by atoms with Crippen LogP contribution in [0.25, 0.3) is 11.3 Å². The van der Waals surface area contributed by atoms with Crippen LogP contribution < -0.4 is 10.1 Å². The smallest absolute Gasteiger partial charge is 0.135 e. The van der Waals surface area contributed by atoms with Gasteiger partial charge in [-0.15, -0.1) is 5.10 Å². The van der Waals surface area contributed by atoms with Crippen LogP contribution in [-0.4, -0.2) is 26.7 Å². The minimum Gasteiger partial charge on any atom is -0.496 e. The van der Waals surface area contributed by atoms with Gasteiger partial charge in [0.25, 0.3) is 0 Å². The Bertz CT molecular complexity index is 701. The summed E-state index contributed by atoms with van der Waals surface area (Å²) in [6.45, 7) is 0. The van der Waals surface area contributed by atoms with Gasteiger partial charge in [-0.2, -0.15) is 0 Å². The summed E-state index contributed by atoms with van der Waals surface area (Å²) in [5, 5.41) is 7.73. The molecule has 100 valence electrons. The van der Waals surface area contributed by atoms with Gasteiger partial charge in [-0.3, -0.25) is 0 Å². The van der Waals surface area contributed by atoms with Crippen LogP contribution in [0.1, 0.15) is 0 Å². The normalized spacial score (nSPS) is 10.2. The van der Waals surface area contributed by atoms with Crippen LogP contribution >= 0.6 is 11.5 Å². The summed E-state index contributed by atoms with van der Waals surface area (Å²) in [6.07, 6.45) is 3.16. The van der Waals surface area contributed by atoms with Crippen molar-refractivity contribution in [2.75, 3.05) is 12.4 Å². The molecule has 0 fully saturated rings. The first-order valence-electron chi connectivity index (χ1n) is 5.86. The Morgan fingerprint density at radius 3 is 2.90 bits per heavy atom. The van der Waals surface area contributed by atoms with E-state index in [0.29, 0.717) is 5.82 Å². The number of ether oxygens (including phenoxy) is 1. The number of methoxy groups -OCH3 is 1. The van der Waals surface area contributed by atoms with Gasteiger partial charge >= 0.3 is 0 Å². The molecule has 20 heavy (non-hydrogen) atoms. The molecule has 0 aliphatic heterocycles. The number of hydrogen-bond acceptors (Lipinski definition) is 7. The lowest BCUT2D eigenvalue weighted by atomic mass is 10.1. The molecule has 0 amide bonds. The molecular formula is C13H11N5OS. The predicted octanol–water partition coefficient (Wildman–Crippen LogP) is 2.75. The highest BCUT2D eigenvalue weighted by atomic mass is 32.1. The molecule has 3 rings (SSSR count). The van der Waals surface area contributed by atoms with E-state index in [2.05, 4.69) is 24.9 Å². The largest absolute Gasteiger partial charge is 0.496 e. The van der Waals surface area contributed by atoms with Gasteiger partial charge in [0, 0.05) is 23.2 Å². The molecule has 0 aliphatic carbocycles. The molecule has 2 heterocycles. The van der Waals surface area contributed by atoms with E-state index >= 15 is 0 Å². The fourth-order valence-corrected chi connectivity index (χ4v) is 2.20. The van der Waals surface area contributed by atoms with E-state index in [9.17, 15) is 0 Å². The van der Waals surface area contributed by atoms with Gasteiger partial charge in [0.1, 0.15) is 22.9 Å². The lowest BCUT2D eigenvalue weighted by Crippen LogP contribution is -1.95. The number of aromatic nitrogens is 4. The molecule has 0 radical (unpaired) electrons. The number of para-hydroxylation sites is 1. The van der Waals surface area contributed by atoms with Crippen LogP contribution in [0.15, 0.2) is 42.9 Å². The zero-order chi connectivity index (χ0) is 13.8. The van der Waals surface area contributed by atoms with Crippen LogP contribution in [-0.2, 0) is 0 Å². The molecule has 7 heteroatoms. The zero-order valence-corrected chi connectivity index (χ0v) is 11.5. The first kappa shape index (κ1) is 12.5. The zero-order valence-electron chi connectivity index (χ0n) is 10.6. The van der Waals surface area contributed by atoms with Gasteiger partial charge in [0.2, 0.25) is 0 Å². The average Bonchev–Trinajstić information content (AvgIpc) is 3.00. The van der Waals surface area contributed by atoms with E-state index < -0.39 is 0 Å². The van der Waals surface area contributed by atoms with Crippen molar-refractivity contribution in [2.45, 2.75) is 0 Å². The summed E-state index contributed by atoms with van der Waals surface area (Å²) < 4.78 is 9.14. The fraction of sp³-hybridized carbons (Fsp3) is 0.0769. The molecule has 0 atom stereocenters. The monoisotopic (exact) mass is 285 g/mol. The lowest BCUT2D eigenvalue weighted by Gasteiger charge is -2.08. The summed E-state index contributed by atoms with van der Waals surface area (Å²) in [5.74, 6) is 1.46.